The number of amides is 1. The first-order valence-electron chi connectivity index (χ1n) is 9.96. The number of nitrogens with zero attached hydrogens (tertiary/aromatic N) is 2. The fourth-order valence-electron chi connectivity index (χ4n) is 3.23. The van der Waals surface area contributed by atoms with Gasteiger partial charge >= 0.3 is 12.1 Å². The number of ether oxygens (including phenoxy) is 2. The molecule has 0 saturated heterocycles. The maximum atomic E-state index is 12.4. The minimum Gasteiger partial charge on any atom is -0.467 e. The third-order valence-electron chi connectivity index (χ3n) is 4.83. The summed E-state index contributed by atoms with van der Waals surface area (Å²) in [6.45, 7) is 0.754. The van der Waals surface area contributed by atoms with E-state index in [1.165, 1.54) is 7.11 Å². The van der Waals surface area contributed by atoms with E-state index in [-0.39, 0.29) is 31.4 Å². The number of hydrogen-bond donors (Lipinski definition) is 1. The monoisotopic (exact) mass is 423 g/mol. The van der Waals surface area contributed by atoms with Crippen molar-refractivity contribution in [3.63, 3.8) is 0 Å². The summed E-state index contributed by atoms with van der Waals surface area (Å²) < 4.78 is 10.00. The van der Waals surface area contributed by atoms with Crippen LogP contribution in [-0.2, 0) is 20.9 Å². The number of hydrogen-bond acceptors (Lipinski definition) is 7. The van der Waals surface area contributed by atoms with Crippen LogP contribution in [0, 0.1) is 0 Å². The van der Waals surface area contributed by atoms with Gasteiger partial charge in [0.05, 0.1) is 26.0 Å². The molecule has 1 N–H and O–H groups in total. The summed E-state index contributed by atoms with van der Waals surface area (Å²) in [5.41, 5.74) is 1.47. The van der Waals surface area contributed by atoms with Crippen molar-refractivity contribution in [1.82, 2.24) is 10.2 Å². The Hall–Kier alpha value is -3.68. The maximum absolute atomic E-state index is 12.4. The van der Waals surface area contributed by atoms with Crippen LogP contribution in [0.5, 0.6) is 0 Å². The zero-order valence-electron chi connectivity index (χ0n) is 17.3. The third kappa shape index (κ3) is 6.67. The maximum Gasteiger partial charge on any atom is 0.408 e. The highest BCUT2D eigenvalue weighted by Crippen LogP contribution is 2.13. The van der Waals surface area contributed by atoms with Crippen LogP contribution >= 0.6 is 0 Å². The second-order valence-electron chi connectivity index (χ2n) is 7.15. The number of nitrogens with one attached hydrogen (secondary N) is 1. The van der Waals surface area contributed by atoms with E-state index >= 15 is 0 Å². The van der Waals surface area contributed by atoms with Crippen LogP contribution in [0.15, 0.2) is 65.7 Å². The van der Waals surface area contributed by atoms with Crippen LogP contribution in [0.3, 0.4) is 0 Å². The Morgan fingerprint density at radius 2 is 1.77 bits per heavy atom. The molecule has 0 spiro atoms. The lowest BCUT2D eigenvalue weighted by Gasteiger charge is -2.20. The van der Waals surface area contributed by atoms with E-state index in [4.69, 9.17) is 9.47 Å². The number of benzene rings is 2. The average molecular weight is 423 g/mol. The van der Waals surface area contributed by atoms with Gasteiger partial charge in [-0.2, -0.15) is 0 Å². The first-order chi connectivity index (χ1) is 15.0. The van der Waals surface area contributed by atoms with Gasteiger partial charge in [0.2, 0.25) is 0 Å². The Bertz CT molecular complexity index is 917. The summed E-state index contributed by atoms with van der Waals surface area (Å²) >= 11 is 0. The van der Waals surface area contributed by atoms with E-state index < -0.39 is 18.1 Å². The lowest BCUT2D eigenvalue weighted by atomic mass is 10.1. The Morgan fingerprint density at radius 3 is 2.45 bits per heavy atom. The molecule has 8 nitrogen and oxygen atoms in total. The minimum absolute atomic E-state index is 0.0140. The second kappa shape index (κ2) is 10.9. The quantitative estimate of drug-likeness (QED) is 0.492. The lowest BCUT2D eigenvalue weighted by Crippen LogP contribution is -2.44. The smallest absolute Gasteiger partial charge is 0.408 e. The average Bonchev–Trinajstić information content (AvgIpc) is 3.24. The van der Waals surface area contributed by atoms with Crippen molar-refractivity contribution in [3.05, 3.63) is 71.8 Å². The number of methoxy groups -OCH3 is 1. The van der Waals surface area contributed by atoms with Gasteiger partial charge in [0.25, 0.3) is 0 Å². The Morgan fingerprint density at radius 1 is 1.10 bits per heavy atom. The summed E-state index contributed by atoms with van der Waals surface area (Å²) in [5.74, 6) is -0.592. The molecule has 1 amide bonds. The van der Waals surface area contributed by atoms with Crippen molar-refractivity contribution in [2.45, 2.75) is 25.1 Å². The summed E-state index contributed by atoms with van der Waals surface area (Å²) in [6, 6.07) is 17.1. The first kappa shape index (κ1) is 22.0. The number of Topliss-reactive ketones (excluding diaryl/α,β-unsaturated/α-hetero) is 1. The topological polar surface area (TPSA) is 97.3 Å². The highest BCUT2D eigenvalue weighted by atomic mass is 16.6. The van der Waals surface area contributed by atoms with Gasteiger partial charge in [0.15, 0.2) is 5.78 Å². The van der Waals surface area contributed by atoms with E-state index in [9.17, 15) is 14.4 Å². The number of rotatable bonds is 9. The molecule has 0 bridgehead atoms. The van der Waals surface area contributed by atoms with Crippen LogP contribution in [0.2, 0.25) is 0 Å². The van der Waals surface area contributed by atoms with Gasteiger partial charge in [0, 0.05) is 18.5 Å². The number of carbonyl (C=O) groups is 3. The molecule has 1 heterocycles. The molecule has 2 aromatic carbocycles. The molecule has 2 unspecified atom stereocenters. The molecule has 31 heavy (non-hydrogen) atoms. The first-order valence-corrected chi connectivity index (χ1v) is 9.96. The fraction of sp³-hybridized carbons (Fsp3) is 0.304. The van der Waals surface area contributed by atoms with Crippen LogP contribution < -0.4 is 5.32 Å². The zero-order valence-corrected chi connectivity index (χ0v) is 17.3. The molecule has 0 aliphatic carbocycles. The van der Waals surface area contributed by atoms with Gasteiger partial charge in [-0.05, 0) is 5.56 Å². The van der Waals surface area contributed by atoms with Crippen LogP contribution in [-0.4, -0.2) is 61.4 Å². The summed E-state index contributed by atoms with van der Waals surface area (Å²) in [5, 5.41) is 2.55. The van der Waals surface area contributed by atoms with E-state index in [2.05, 4.69) is 10.3 Å². The van der Waals surface area contributed by atoms with Gasteiger partial charge in [-0.3, -0.25) is 9.79 Å². The van der Waals surface area contributed by atoms with Crippen molar-refractivity contribution in [3.8, 4) is 0 Å². The number of carbonyl (C=O) groups excluding carboxylic acids is 3. The molecule has 8 heteroatoms. The molecule has 0 saturated carbocycles. The van der Waals surface area contributed by atoms with Gasteiger partial charge in [-0.25, -0.2) is 9.59 Å². The summed E-state index contributed by atoms with van der Waals surface area (Å²) in [4.78, 5) is 42.8. The Kier molecular flexibility index (Phi) is 7.75. The molecular formula is C23H25N3O5. The number of esters is 1. The Labute approximate surface area is 180 Å². The fourth-order valence-corrected chi connectivity index (χ4v) is 3.23. The van der Waals surface area contributed by atoms with E-state index in [0.717, 1.165) is 5.56 Å². The van der Waals surface area contributed by atoms with Gasteiger partial charge in [-0.1, -0.05) is 60.7 Å². The van der Waals surface area contributed by atoms with Crippen LogP contribution in [0.4, 0.5) is 4.79 Å². The third-order valence-corrected chi connectivity index (χ3v) is 4.83. The largest absolute Gasteiger partial charge is 0.467 e. The van der Waals surface area contributed by atoms with Crippen LogP contribution in [0.1, 0.15) is 22.3 Å². The number of alkyl carbamates (subject to hydrolysis) is 1. The van der Waals surface area contributed by atoms with Gasteiger partial charge < -0.3 is 19.7 Å². The highest BCUT2D eigenvalue weighted by molar-refractivity contribution is 5.98. The van der Waals surface area contributed by atoms with Gasteiger partial charge in [-0.15, -0.1) is 0 Å². The summed E-state index contributed by atoms with van der Waals surface area (Å²) in [7, 11) is 1.26. The van der Waals surface area contributed by atoms with E-state index in [0.29, 0.717) is 12.1 Å². The van der Waals surface area contributed by atoms with Crippen molar-refractivity contribution >= 4 is 24.2 Å². The predicted molar refractivity (Wildman–Crippen MR) is 115 cm³/mol. The molecule has 2 atom stereocenters. The predicted octanol–water partition coefficient (Wildman–Crippen LogP) is 2.44. The molecule has 2 aromatic rings. The van der Waals surface area contributed by atoms with Crippen molar-refractivity contribution in [2.24, 2.45) is 4.99 Å². The summed E-state index contributed by atoms with van der Waals surface area (Å²) in [6.07, 6.45) is 1.13. The van der Waals surface area contributed by atoms with E-state index in [1.54, 1.807) is 23.4 Å². The zero-order chi connectivity index (χ0) is 22.1. The Balaban J connectivity index is 1.49. The number of ketones is 1. The van der Waals surface area contributed by atoms with Crippen molar-refractivity contribution in [1.29, 1.82) is 0 Å². The second-order valence-corrected chi connectivity index (χ2v) is 7.15. The van der Waals surface area contributed by atoms with Gasteiger partial charge in [0.1, 0.15) is 12.6 Å². The molecule has 0 radical (unpaired) electrons. The molecule has 3 rings (SSSR count). The molecule has 0 aromatic heterocycles. The SMILES string of the molecule is COC(=O)C(CC1CN(CC(=O)c2ccccc2)C=N1)NC(=O)OCc1ccccc1. The van der Waals surface area contributed by atoms with E-state index in [1.807, 2.05) is 48.5 Å². The van der Waals surface area contributed by atoms with Crippen molar-refractivity contribution < 1.29 is 23.9 Å². The van der Waals surface area contributed by atoms with Crippen LogP contribution in [0.25, 0.3) is 0 Å². The molecular weight excluding hydrogens is 398 g/mol. The minimum atomic E-state index is -0.903. The normalized spacial score (nSPS) is 15.9. The molecule has 1 aliphatic heterocycles. The lowest BCUT2D eigenvalue weighted by molar-refractivity contribution is -0.143. The highest BCUT2D eigenvalue weighted by Gasteiger charge is 2.29. The molecule has 1 aliphatic rings. The van der Waals surface area contributed by atoms with Crippen molar-refractivity contribution in [2.75, 3.05) is 20.2 Å². The number of aliphatic imine (C=N–C) groups is 1. The molecule has 162 valence electrons. The standard InChI is InChI=1S/C23H25N3O5/c1-30-22(28)20(25-23(29)31-15-17-8-4-2-5-9-17)12-19-13-26(16-24-19)14-21(27)18-10-6-3-7-11-18/h2-11,16,19-20H,12-15H2,1H3,(H,25,29). The molecule has 0 fully saturated rings.